The van der Waals surface area contributed by atoms with Crippen molar-refractivity contribution in [1.29, 1.82) is 0 Å². The highest BCUT2D eigenvalue weighted by Gasteiger charge is 1.97. The predicted molar refractivity (Wildman–Crippen MR) is 38.6 cm³/mol. The van der Waals surface area contributed by atoms with Crippen molar-refractivity contribution in [2.24, 2.45) is 0 Å². The zero-order valence-electron chi connectivity index (χ0n) is 5.89. The minimum absolute atomic E-state index is 0.133. The zero-order valence-corrected chi connectivity index (χ0v) is 6.89. The molecule has 1 N–H and O–H groups in total. The minimum Gasteiger partial charge on any atom is -0.273 e. The Morgan fingerprint density at radius 2 is 2.33 bits per heavy atom. The van der Waals surface area contributed by atoms with Crippen LogP contribution >= 0.6 is 8.58 Å². The second kappa shape index (κ2) is 4.71. The van der Waals surface area contributed by atoms with Crippen LogP contribution in [0.15, 0.2) is 0 Å². The molecule has 54 valence electrons. The Bertz CT molecular complexity index is 97.0. The first-order chi connectivity index (χ1) is 4.16. The largest absolute Gasteiger partial charge is 0.273 e. The van der Waals surface area contributed by atoms with Crippen molar-refractivity contribution < 1.29 is 9.63 Å². The molecule has 0 aliphatic rings. The summed E-state index contributed by atoms with van der Waals surface area (Å²) in [7, 11) is 0.694. The molecule has 0 aliphatic carbocycles. The Morgan fingerprint density at radius 1 is 1.78 bits per heavy atom. The van der Waals surface area contributed by atoms with Crippen molar-refractivity contribution in [3.8, 4) is 0 Å². The topological polar surface area (TPSA) is 38.3 Å². The summed E-state index contributed by atoms with van der Waals surface area (Å²) < 4.78 is 0. The summed E-state index contributed by atoms with van der Waals surface area (Å²) >= 11 is 0. The number of carbonyl (C=O) groups is 1. The lowest BCUT2D eigenvalue weighted by molar-refractivity contribution is -0.132. The lowest BCUT2D eigenvalue weighted by Crippen LogP contribution is -2.23. The van der Waals surface area contributed by atoms with Crippen molar-refractivity contribution in [2.75, 3.05) is 6.66 Å². The molecule has 4 heteroatoms. The average Bonchev–Trinajstić information content (AvgIpc) is 1.83. The summed E-state index contributed by atoms with van der Waals surface area (Å²) in [6.45, 7) is 5.35. The Balaban J connectivity index is 3.16. The average molecular weight is 149 g/mol. The number of carbonyl (C=O) groups excluding carboxylic acids is 1. The van der Waals surface area contributed by atoms with Crippen LogP contribution in [0.4, 0.5) is 0 Å². The van der Waals surface area contributed by atoms with Crippen LogP contribution in [0, 0.1) is 0 Å². The van der Waals surface area contributed by atoms with Crippen LogP contribution in [0.5, 0.6) is 0 Å². The van der Waals surface area contributed by atoms with Gasteiger partial charge in [-0.25, -0.2) is 5.48 Å². The predicted octanol–water partition coefficient (Wildman–Crippen LogP) is 0.708. The third-order valence-corrected chi connectivity index (χ3v) is 1.72. The number of nitrogens with one attached hydrogen (secondary N) is 1. The summed E-state index contributed by atoms with van der Waals surface area (Å²) in [5.41, 5.74) is 2.26. The van der Waals surface area contributed by atoms with Gasteiger partial charge in [-0.3, -0.25) is 9.63 Å². The maximum atomic E-state index is 10.2. The molecule has 1 amide bonds. The Morgan fingerprint density at radius 3 is 2.67 bits per heavy atom. The molecular formula is C5H12NO2P. The van der Waals surface area contributed by atoms with Crippen molar-refractivity contribution in [2.45, 2.75) is 19.7 Å². The molecule has 0 aromatic rings. The third-order valence-electron chi connectivity index (χ3n) is 0.786. The number of amides is 1. The van der Waals surface area contributed by atoms with Gasteiger partial charge in [0, 0.05) is 6.92 Å². The van der Waals surface area contributed by atoms with Gasteiger partial charge in [0.2, 0.25) is 5.91 Å². The maximum absolute atomic E-state index is 10.2. The van der Waals surface area contributed by atoms with Gasteiger partial charge < -0.3 is 0 Å². The summed E-state index contributed by atoms with van der Waals surface area (Å²) in [5.74, 6) is -0.0194. The first-order valence-electron chi connectivity index (χ1n) is 2.76. The molecule has 0 saturated heterocycles. The molecule has 0 rings (SSSR count). The Hall–Kier alpha value is -0.140. The molecule has 2 unspecified atom stereocenters. The third kappa shape index (κ3) is 5.74. The quantitative estimate of drug-likeness (QED) is 0.474. The normalized spacial score (nSPS) is 14.1. The van der Waals surface area contributed by atoms with Gasteiger partial charge in [0.05, 0.1) is 5.85 Å². The zero-order chi connectivity index (χ0) is 7.28. The first kappa shape index (κ1) is 8.86. The fourth-order valence-corrected chi connectivity index (χ4v) is 0.407. The first-order valence-corrected chi connectivity index (χ1v) is 4.34. The van der Waals surface area contributed by atoms with Crippen molar-refractivity contribution in [3.05, 3.63) is 0 Å². The van der Waals surface area contributed by atoms with Gasteiger partial charge in [-0.05, 0) is 13.6 Å². The summed E-state index contributed by atoms with van der Waals surface area (Å²) in [5, 5.41) is 0. The van der Waals surface area contributed by atoms with Gasteiger partial charge in [-0.1, -0.05) is 8.58 Å². The van der Waals surface area contributed by atoms with E-state index in [1.165, 1.54) is 6.92 Å². The smallest absolute Gasteiger partial charge is 0.240 e. The van der Waals surface area contributed by atoms with Crippen molar-refractivity contribution in [3.63, 3.8) is 0 Å². The second-order valence-electron chi connectivity index (χ2n) is 1.71. The summed E-state index contributed by atoms with van der Waals surface area (Å²) in [6, 6.07) is 0. The molecule has 0 aliphatic heterocycles. The molecule has 0 spiro atoms. The molecule has 3 nitrogen and oxygen atoms in total. The van der Waals surface area contributed by atoms with Gasteiger partial charge in [0.1, 0.15) is 0 Å². The maximum Gasteiger partial charge on any atom is 0.240 e. The van der Waals surface area contributed by atoms with Crippen LogP contribution in [-0.2, 0) is 9.63 Å². The highest BCUT2D eigenvalue weighted by Crippen LogP contribution is 2.11. The standard InChI is InChI=1S/C5H12NO2P/c1-4(7)6-8-5(2)9-3/h5,9H,1-3H3,(H,6,7). The van der Waals surface area contributed by atoms with Crippen LogP contribution in [0.25, 0.3) is 0 Å². The monoisotopic (exact) mass is 149 g/mol. The Labute approximate surface area is 56.9 Å². The molecule has 0 fully saturated rings. The van der Waals surface area contributed by atoms with Crippen LogP contribution in [0.2, 0.25) is 0 Å². The van der Waals surface area contributed by atoms with Gasteiger partial charge in [0.25, 0.3) is 0 Å². The van der Waals surface area contributed by atoms with Crippen LogP contribution in [0.1, 0.15) is 13.8 Å². The van der Waals surface area contributed by atoms with E-state index in [4.69, 9.17) is 4.84 Å². The van der Waals surface area contributed by atoms with Crippen LogP contribution in [0.3, 0.4) is 0 Å². The van der Waals surface area contributed by atoms with Gasteiger partial charge in [-0.2, -0.15) is 0 Å². The fraction of sp³-hybridized carbons (Fsp3) is 0.800. The number of rotatable bonds is 3. The van der Waals surface area contributed by atoms with Gasteiger partial charge >= 0.3 is 0 Å². The summed E-state index contributed by atoms with van der Waals surface area (Å²) in [4.78, 5) is 15.1. The molecule has 0 aromatic heterocycles. The van der Waals surface area contributed by atoms with Crippen molar-refractivity contribution >= 4 is 14.5 Å². The number of hydroxylamine groups is 1. The fourth-order valence-electron chi connectivity index (χ4n) is 0.230. The summed E-state index contributed by atoms with van der Waals surface area (Å²) in [6.07, 6.45) is 0. The minimum atomic E-state index is -0.153. The van der Waals surface area contributed by atoms with E-state index in [2.05, 4.69) is 5.48 Å². The van der Waals surface area contributed by atoms with E-state index in [1.807, 2.05) is 13.6 Å². The van der Waals surface area contributed by atoms with E-state index in [0.29, 0.717) is 8.58 Å². The number of hydrogen-bond donors (Lipinski definition) is 1. The van der Waals surface area contributed by atoms with E-state index >= 15 is 0 Å². The highest BCUT2D eigenvalue weighted by molar-refractivity contribution is 7.37. The van der Waals surface area contributed by atoms with Crippen LogP contribution < -0.4 is 5.48 Å². The molecule has 0 saturated carbocycles. The Kier molecular flexibility index (Phi) is 4.64. The molecule has 0 aromatic carbocycles. The van der Waals surface area contributed by atoms with Gasteiger partial charge in [-0.15, -0.1) is 0 Å². The number of hydrogen-bond acceptors (Lipinski definition) is 2. The van der Waals surface area contributed by atoms with Crippen molar-refractivity contribution in [1.82, 2.24) is 5.48 Å². The van der Waals surface area contributed by atoms with E-state index in [1.54, 1.807) is 0 Å². The van der Waals surface area contributed by atoms with Gasteiger partial charge in [0.15, 0.2) is 0 Å². The molecule has 2 atom stereocenters. The van der Waals surface area contributed by atoms with E-state index < -0.39 is 0 Å². The molecule has 9 heavy (non-hydrogen) atoms. The molecular weight excluding hydrogens is 137 g/mol. The molecule has 0 heterocycles. The highest BCUT2D eigenvalue weighted by atomic mass is 31.1. The molecule has 0 radical (unpaired) electrons. The van der Waals surface area contributed by atoms with E-state index in [0.717, 1.165) is 0 Å². The SMILES string of the molecule is CPC(C)ONC(C)=O. The molecule has 0 bridgehead atoms. The van der Waals surface area contributed by atoms with E-state index in [-0.39, 0.29) is 11.8 Å². The lowest BCUT2D eigenvalue weighted by Gasteiger charge is -2.08. The van der Waals surface area contributed by atoms with Crippen LogP contribution in [-0.4, -0.2) is 18.4 Å². The lowest BCUT2D eigenvalue weighted by atomic mass is 10.8. The second-order valence-corrected chi connectivity index (χ2v) is 3.10. The van der Waals surface area contributed by atoms with E-state index in [9.17, 15) is 4.79 Å².